The number of hydrogen-bond donors (Lipinski definition) is 1. The van der Waals surface area contributed by atoms with Crippen molar-refractivity contribution in [2.45, 2.75) is 26.5 Å². The first-order valence-corrected chi connectivity index (χ1v) is 6.54. The lowest BCUT2D eigenvalue weighted by molar-refractivity contribution is 0.242. The molecule has 0 spiro atoms. The summed E-state index contributed by atoms with van der Waals surface area (Å²) in [4.78, 5) is 4.28. The molecule has 3 nitrogen and oxygen atoms in total. The third kappa shape index (κ3) is 3.80. The lowest BCUT2D eigenvalue weighted by Crippen LogP contribution is -2.05. The fourth-order valence-electron chi connectivity index (χ4n) is 1.94. The summed E-state index contributed by atoms with van der Waals surface area (Å²) in [7, 11) is 1.94. The van der Waals surface area contributed by atoms with Gasteiger partial charge in [-0.25, -0.2) is 0 Å². The zero-order valence-electron chi connectivity index (χ0n) is 11.7. The van der Waals surface area contributed by atoms with E-state index in [0.29, 0.717) is 0 Å². The molecule has 0 aliphatic rings. The topological polar surface area (TPSA) is 34.2 Å². The Morgan fingerprint density at radius 1 is 1.11 bits per heavy atom. The lowest BCUT2D eigenvalue weighted by atomic mass is 10.1. The van der Waals surface area contributed by atoms with E-state index in [1.54, 1.807) is 0 Å². The standard InChI is InChI=1S/C16H20N2O/c1-12(2)19-16-6-4-14(5-7-16)15-8-13(9-17-3)10-18-11-15/h4-8,10-12,17H,9H2,1-3H3. The Kier molecular flexibility index (Phi) is 4.53. The van der Waals surface area contributed by atoms with Crippen molar-refractivity contribution in [3.8, 4) is 16.9 Å². The molecule has 0 fully saturated rings. The van der Waals surface area contributed by atoms with E-state index in [0.717, 1.165) is 23.4 Å². The van der Waals surface area contributed by atoms with Crippen LogP contribution in [-0.2, 0) is 6.54 Å². The van der Waals surface area contributed by atoms with Gasteiger partial charge >= 0.3 is 0 Å². The summed E-state index contributed by atoms with van der Waals surface area (Å²) in [6.07, 6.45) is 3.97. The smallest absolute Gasteiger partial charge is 0.119 e. The maximum atomic E-state index is 5.64. The van der Waals surface area contributed by atoms with Crippen LogP contribution < -0.4 is 10.1 Å². The van der Waals surface area contributed by atoms with Gasteiger partial charge in [-0.15, -0.1) is 0 Å². The molecular weight excluding hydrogens is 236 g/mol. The predicted molar refractivity (Wildman–Crippen MR) is 78.2 cm³/mol. The molecule has 0 unspecified atom stereocenters. The SMILES string of the molecule is CNCc1cncc(-c2ccc(OC(C)C)cc2)c1. The molecule has 0 radical (unpaired) electrons. The molecule has 0 bridgehead atoms. The first-order valence-electron chi connectivity index (χ1n) is 6.54. The van der Waals surface area contributed by atoms with E-state index in [4.69, 9.17) is 4.74 Å². The summed E-state index contributed by atoms with van der Waals surface area (Å²) in [5.41, 5.74) is 3.47. The van der Waals surface area contributed by atoms with E-state index in [1.165, 1.54) is 5.56 Å². The van der Waals surface area contributed by atoms with Crippen LogP contribution in [0, 0.1) is 0 Å². The van der Waals surface area contributed by atoms with Crippen molar-refractivity contribution in [3.63, 3.8) is 0 Å². The van der Waals surface area contributed by atoms with Gasteiger partial charge in [0.25, 0.3) is 0 Å². The normalized spacial score (nSPS) is 10.7. The summed E-state index contributed by atoms with van der Waals surface area (Å²) in [6, 6.07) is 10.3. The Morgan fingerprint density at radius 3 is 2.47 bits per heavy atom. The predicted octanol–water partition coefficient (Wildman–Crippen LogP) is 3.26. The molecule has 100 valence electrons. The number of rotatable bonds is 5. The third-order valence-corrected chi connectivity index (χ3v) is 2.74. The van der Waals surface area contributed by atoms with Crippen molar-refractivity contribution in [2.24, 2.45) is 0 Å². The van der Waals surface area contributed by atoms with Crippen LogP contribution in [0.4, 0.5) is 0 Å². The highest BCUT2D eigenvalue weighted by atomic mass is 16.5. The highest BCUT2D eigenvalue weighted by Gasteiger charge is 2.02. The molecule has 1 heterocycles. The van der Waals surface area contributed by atoms with Crippen LogP contribution >= 0.6 is 0 Å². The van der Waals surface area contributed by atoms with Gasteiger partial charge in [-0.05, 0) is 50.2 Å². The van der Waals surface area contributed by atoms with Gasteiger partial charge < -0.3 is 10.1 Å². The summed E-state index contributed by atoms with van der Waals surface area (Å²) < 4.78 is 5.64. The van der Waals surface area contributed by atoms with Crippen LogP contribution in [0.25, 0.3) is 11.1 Å². The summed E-state index contributed by atoms with van der Waals surface area (Å²) in [5.74, 6) is 0.901. The zero-order valence-corrected chi connectivity index (χ0v) is 11.7. The molecular formula is C16H20N2O. The molecule has 2 rings (SSSR count). The fraction of sp³-hybridized carbons (Fsp3) is 0.312. The average Bonchev–Trinajstić information content (AvgIpc) is 2.40. The van der Waals surface area contributed by atoms with Gasteiger partial charge in [-0.1, -0.05) is 12.1 Å². The summed E-state index contributed by atoms with van der Waals surface area (Å²) >= 11 is 0. The van der Waals surface area contributed by atoms with Crippen LogP contribution in [0.2, 0.25) is 0 Å². The van der Waals surface area contributed by atoms with Gasteiger partial charge in [0.2, 0.25) is 0 Å². The fourth-order valence-corrected chi connectivity index (χ4v) is 1.94. The minimum Gasteiger partial charge on any atom is -0.491 e. The van der Waals surface area contributed by atoms with E-state index in [1.807, 2.05) is 45.4 Å². The average molecular weight is 256 g/mol. The number of benzene rings is 1. The molecule has 1 aromatic heterocycles. The van der Waals surface area contributed by atoms with Crippen molar-refractivity contribution >= 4 is 0 Å². The Morgan fingerprint density at radius 2 is 1.84 bits per heavy atom. The number of ether oxygens (including phenoxy) is 1. The highest BCUT2D eigenvalue weighted by Crippen LogP contribution is 2.23. The van der Waals surface area contributed by atoms with Crippen molar-refractivity contribution in [1.82, 2.24) is 10.3 Å². The number of nitrogens with one attached hydrogen (secondary N) is 1. The van der Waals surface area contributed by atoms with E-state index < -0.39 is 0 Å². The maximum Gasteiger partial charge on any atom is 0.119 e. The molecule has 0 saturated carbocycles. The van der Waals surface area contributed by atoms with Gasteiger partial charge in [-0.3, -0.25) is 4.98 Å². The van der Waals surface area contributed by atoms with Gasteiger partial charge in [-0.2, -0.15) is 0 Å². The summed E-state index contributed by atoms with van der Waals surface area (Å²) in [6.45, 7) is 4.88. The number of nitrogens with zero attached hydrogens (tertiary/aromatic N) is 1. The largest absolute Gasteiger partial charge is 0.491 e. The lowest BCUT2D eigenvalue weighted by Gasteiger charge is -2.10. The molecule has 19 heavy (non-hydrogen) atoms. The molecule has 0 aliphatic heterocycles. The number of hydrogen-bond acceptors (Lipinski definition) is 3. The first-order chi connectivity index (χ1) is 9.19. The number of aromatic nitrogens is 1. The van der Waals surface area contributed by atoms with Crippen molar-refractivity contribution in [2.75, 3.05) is 7.05 Å². The molecule has 0 atom stereocenters. The van der Waals surface area contributed by atoms with Crippen molar-refractivity contribution in [3.05, 3.63) is 48.3 Å². The van der Waals surface area contributed by atoms with Crippen LogP contribution in [0.5, 0.6) is 5.75 Å². The van der Waals surface area contributed by atoms with Crippen molar-refractivity contribution in [1.29, 1.82) is 0 Å². The van der Waals surface area contributed by atoms with Crippen molar-refractivity contribution < 1.29 is 4.74 Å². The highest BCUT2D eigenvalue weighted by molar-refractivity contribution is 5.63. The van der Waals surface area contributed by atoms with E-state index in [-0.39, 0.29) is 6.10 Å². The second-order valence-electron chi connectivity index (χ2n) is 4.80. The quantitative estimate of drug-likeness (QED) is 0.891. The molecule has 0 saturated heterocycles. The Labute approximate surface area is 114 Å². The monoisotopic (exact) mass is 256 g/mol. The molecule has 3 heteroatoms. The van der Waals surface area contributed by atoms with E-state index >= 15 is 0 Å². The minimum absolute atomic E-state index is 0.200. The third-order valence-electron chi connectivity index (χ3n) is 2.74. The maximum absolute atomic E-state index is 5.64. The van der Waals surface area contributed by atoms with Gasteiger partial charge in [0.05, 0.1) is 6.10 Å². The van der Waals surface area contributed by atoms with Gasteiger partial charge in [0, 0.05) is 24.5 Å². The van der Waals surface area contributed by atoms with Crippen LogP contribution in [0.15, 0.2) is 42.7 Å². The summed E-state index contributed by atoms with van der Waals surface area (Å²) in [5, 5.41) is 3.13. The van der Waals surface area contributed by atoms with Crippen LogP contribution in [0.3, 0.4) is 0 Å². The second kappa shape index (κ2) is 6.34. The number of pyridine rings is 1. The first kappa shape index (κ1) is 13.6. The van der Waals surface area contributed by atoms with Gasteiger partial charge in [0.1, 0.15) is 5.75 Å². The second-order valence-corrected chi connectivity index (χ2v) is 4.80. The molecule has 0 aliphatic carbocycles. The van der Waals surface area contributed by atoms with Crippen LogP contribution in [-0.4, -0.2) is 18.1 Å². The zero-order chi connectivity index (χ0) is 13.7. The van der Waals surface area contributed by atoms with Crippen LogP contribution in [0.1, 0.15) is 19.4 Å². The van der Waals surface area contributed by atoms with Gasteiger partial charge in [0.15, 0.2) is 0 Å². The van der Waals surface area contributed by atoms with E-state index in [2.05, 4.69) is 28.5 Å². The Bertz CT molecular complexity index is 521. The molecule has 1 N–H and O–H groups in total. The molecule has 1 aromatic carbocycles. The Balaban J connectivity index is 2.19. The Hall–Kier alpha value is -1.87. The molecule has 0 amide bonds. The minimum atomic E-state index is 0.200. The van der Waals surface area contributed by atoms with E-state index in [9.17, 15) is 0 Å². The molecule has 2 aromatic rings.